The molecule has 0 saturated carbocycles. The van der Waals surface area contributed by atoms with E-state index in [1.54, 1.807) is 0 Å². The SMILES string of the molecule is Cl.Cl.O=C(c1ccccc1)C(CC(CN1CCCCCC1)C(=O)c1ccccc1)CN1CCCCCC1. The average molecular weight is 548 g/mol. The summed E-state index contributed by atoms with van der Waals surface area (Å²) in [7, 11) is 0. The predicted molar refractivity (Wildman–Crippen MR) is 157 cm³/mol. The molecule has 37 heavy (non-hydrogen) atoms. The van der Waals surface area contributed by atoms with Crippen LogP contribution in [0.5, 0.6) is 0 Å². The minimum atomic E-state index is -0.167. The number of carbonyl (C=O) groups is 2. The van der Waals surface area contributed by atoms with E-state index in [-0.39, 0.29) is 48.2 Å². The highest BCUT2D eigenvalue weighted by molar-refractivity contribution is 6.00. The molecule has 0 spiro atoms. The van der Waals surface area contributed by atoms with Crippen LogP contribution in [-0.2, 0) is 0 Å². The van der Waals surface area contributed by atoms with Crippen molar-refractivity contribution in [3.8, 4) is 0 Å². The van der Waals surface area contributed by atoms with Gasteiger partial charge in [-0.3, -0.25) is 9.59 Å². The molecule has 2 aromatic carbocycles. The number of hydrogen-bond donors (Lipinski definition) is 0. The fourth-order valence-corrected chi connectivity index (χ4v) is 5.81. The molecular formula is C31H44Cl2N2O2. The number of Topliss-reactive ketones (excluding diaryl/α,β-unsaturated/α-hetero) is 2. The van der Waals surface area contributed by atoms with E-state index in [4.69, 9.17) is 0 Å². The van der Waals surface area contributed by atoms with Gasteiger partial charge < -0.3 is 9.80 Å². The lowest BCUT2D eigenvalue weighted by atomic mass is 9.83. The van der Waals surface area contributed by atoms with Gasteiger partial charge in [-0.15, -0.1) is 24.8 Å². The summed E-state index contributed by atoms with van der Waals surface area (Å²) in [4.78, 5) is 32.6. The number of rotatable bonds is 10. The largest absolute Gasteiger partial charge is 0.303 e. The van der Waals surface area contributed by atoms with Gasteiger partial charge in [-0.2, -0.15) is 0 Å². The van der Waals surface area contributed by atoms with Crippen molar-refractivity contribution in [2.24, 2.45) is 11.8 Å². The lowest BCUT2D eigenvalue weighted by Crippen LogP contribution is -2.39. The van der Waals surface area contributed by atoms with Crippen LogP contribution in [0, 0.1) is 11.8 Å². The number of nitrogens with zero attached hydrogens (tertiary/aromatic N) is 2. The molecule has 4 nitrogen and oxygen atoms in total. The molecule has 4 rings (SSSR count). The van der Waals surface area contributed by atoms with Crippen LogP contribution in [0.1, 0.15) is 78.5 Å². The van der Waals surface area contributed by atoms with Crippen LogP contribution in [0.2, 0.25) is 0 Å². The topological polar surface area (TPSA) is 40.6 Å². The van der Waals surface area contributed by atoms with Crippen molar-refractivity contribution in [1.29, 1.82) is 0 Å². The van der Waals surface area contributed by atoms with E-state index in [1.807, 2.05) is 60.7 Å². The highest BCUT2D eigenvalue weighted by atomic mass is 35.5. The summed E-state index contributed by atoms with van der Waals surface area (Å²) < 4.78 is 0. The Morgan fingerprint density at radius 1 is 0.541 bits per heavy atom. The Balaban J connectivity index is 0.00000241. The first-order chi connectivity index (χ1) is 17.2. The van der Waals surface area contributed by atoms with Gasteiger partial charge in [0.2, 0.25) is 0 Å². The van der Waals surface area contributed by atoms with E-state index in [0.29, 0.717) is 6.42 Å². The number of likely N-dealkylation sites (tertiary alicyclic amines) is 2. The maximum Gasteiger partial charge on any atom is 0.167 e. The van der Waals surface area contributed by atoms with Crippen LogP contribution in [0.3, 0.4) is 0 Å². The third kappa shape index (κ3) is 9.83. The van der Waals surface area contributed by atoms with Gasteiger partial charge in [0.05, 0.1) is 0 Å². The molecule has 2 aliphatic heterocycles. The maximum absolute atomic E-state index is 13.8. The van der Waals surface area contributed by atoms with Gasteiger partial charge in [-0.1, -0.05) is 86.3 Å². The Kier molecular flexibility index (Phi) is 14.5. The van der Waals surface area contributed by atoms with Crippen LogP contribution in [0.15, 0.2) is 60.7 Å². The van der Waals surface area contributed by atoms with Crippen molar-refractivity contribution in [2.45, 2.75) is 57.8 Å². The Labute approximate surface area is 236 Å². The minimum absolute atomic E-state index is 0. The molecule has 0 N–H and O–H groups in total. The standard InChI is InChI=1S/C31H42N2O2.2ClH/c34-30(26-15-7-5-8-16-26)28(24-32-19-11-1-2-12-20-32)23-29(25-33-21-13-3-4-14-22-33)31(35)27-17-9-6-10-18-27;;/h5-10,15-18,28-29H,1-4,11-14,19-25H2;2*1H. The van der Waals surface area contributed by atoms with E-state index in [1.165, 1.54) is 51.4 Å². The van der Waals surface area contributed by atoms with Crippen LogP contribution in [0.4, 0.5) is 0 Å². The summed E-state index contributed by atoms with van der Waals surface area (Å²) in [5.74, 6) is 0.0495. The summed E-state index contributed by atoms with van der Waals surface area (Å²) in [5, 5.41) is 0. The smallest absolute Gasteiger partial charge is 0.167 e. The fraction of sp³-hybridized carbons (Fsp3) is 0.548. The van der Waals surface area contributed by atoms with Gasteiger partial charge in [-0.25, -0.2) is 0 Å². The molecule has 0 radical (unpaired) electrons. The number of halogens is 2. The summed E-state index contributed by atoms with van der Waals surface area (Å²) in [6.07, 6.45) is 10.5. The zero-order valence-electron chi connectivity index (χ0n) is 22.1. The van der Waals surface area contributed by atoms with Crippen molar-refractivity contribution in [3.05, 3.63) is 71.8 Å². The number of carbonyl (C=O) groups excluding carboxylic acids is 2. The molecule has 2 heterocycles. The molecule has 2 saturated heterocycles. The van der Waals surface area contributed by atoms with Crippen LogP contribution >= 0.6 is 24.8 Å². The molecule has 2 unspecified atom stereocenters. The van der Waals surface area contributed by atoms with Gasteiger partial charge in [0.25, 0.3) is 0 Å². The Hall–Kier alpha value is -1.72. The summed E-state index contributed by atoms with van der Waals surface area (Å²) >= 11 is 0. The normalized spacial score (nSPS) is 18.8. The van der Waals surface area contributed by atoms with E-state index in [9.17, 15) is 9.59 Å². The van der Waals surface area contributed by atoms with Crippen molar-refractivity contribution >= 4 is 36.4 Å². The molecule has 6 heteroatoms. The third-order valence-corrected chi connectivity index (χ3v) is 7.78. The van der Waals surface area contributed by atoms with E-state index in [2.05, 4.69) is 9.80 Å². The van der Waals surface area contributed by atoms with Crippen molar-refractivity contribution < 1.29 is 9.59 Å². The van der Waals surface area contributed by atoms with Crippen LogP contribution < -0.4 is 0 Å². The molecule has 2 atom stereocenters. The first-order valence-electron chi connectivity index (χ1n) is 13.8. The van der Waals surface area contributed by atoms with Gasteiger partial charge >= 0.3 is 0 Å². The molecule has 0 aromatic heterocycles. The molecule has 0 amide bonds. The Bertz CT molecular complexity index is 834. The van der Waals surface area contributed by atoms with Gasteiger partial charge in [-0.05, 0) is 58.3 Å². The molecule has 2 aliphatic rings. The quantitative estimate of drug-likeness (QED) is 0.301. The number of ketones is 2. The Morgan fingerprint density at radius 3 is 1.19 bits per heavy atom. The second-order valence-electron chi connectivity index (χ2n) is 10.5. The van der Waals surface area contributed by atoms with Crippen LogP contribution in [0.25, 0.3) is 0 Å². The molecule has 2 aromatic rings. The van der Waals surface area contributed by atoms with E-state index in [0.717, 1.165) is 50.4 Å². The zero-order valence-corrected chi connectivity index (χ0v) is 23.7. The monoisotopic (exact) mass is 546 g/mol. The average Bonchev–Trinajstić information content (AvgIpc) is 3.33. The molecule has 0 bridgehead atoms. The molecular weight excluding hydrogens is 503 g/mol. The minimum Gasteiger partial charge on any atom is -0.303 e. The van der Waals surface area contributed by atoms with E-state index < -0.39 is 0 Å². The predicted octanol–water partition coefficient (Wildman–Crippen LogP) is 6.97. The second kappa shape index (κ2) is 17.0. The Morgan fingerprint density at radius 2 is 0.865 bits per heavy atom. The van der Waals surface area contributed by atoms with Crippen LogP contribution in [-0.4, -0.2) is 60.6 Å². The molecule has 204 valence electrons. The first-order valence-corrected chi connectivity index (χ1v) is 13.8. The lowest BCUT2D eigenvalue weighted by Gasteiger charge is -2.31. The third-order valence-electron chi connectivity index (χ3n) is 7.78. The van der Waals surface area contributed by atoms with E-state index >= 15 is 0 Å². The van der Waals surface area contributed by atoms with Gasteiger partial charge in [0.1, 0.15) is 0 Å². The first kappa shape index (κ1) is 31.5. The highest BCUT2D eigenvalue weighted by Crippen LogP contribution is 2.25. The second-order valence-corrected chi connectivity index (χ2v) is 10.5. The number of benzene rings is 2. The lowest BCUT2D eigenvalue weighted by molar-refractivity contribution is 0.0775. The van der Waals surface area contributed by atoms with Gasteiger partial charge in [0, 0.05) is 36.1 Å². The molecule has 0 aliphatic carbocycles. The van der Waals surface area contributed by atoms with Crippen molar-refractivity contribution in [1.82, 2.24) is 9.80 Å². The molecule has 2 fully saturated rings. The summed E-state index contributed by atoms with van der Waals surface area (Å²) in [6, 6.07) is 19.4. The zero-order chi connectivity index (χ0) is 24.3. The maximum atomic E-state index is 13.8. The van der Waals surface area contributed by atoms with Gasteiger partial charge in [0.15, 0.2) is 11.6 Å². The van der Waals surface area contributed by atoms with Crippen molar-refractivity contribution in [2.75, 3.05) is 39.3 Å². The fourth-order valence-electron chi connectivity index (χ4n) is 5.81. The number of hydrogen-bond acceptors (Lipinski definition) is 4. The highest BCUT2D eigenvalue weighted by Gasteiger charge is 2.31. The van der Waals surface area contributed by atoms with Crippen molar-refractivity contribution in [3.63, 3.8) is 0 Å². The summed E-state index contributed by atoms with van der Waals surface area (Å²) in [6.45, 7) is 5.74. The summed E-state index contributed by atoms with van der Waals surface area (Å²) in [5.41, 5.74) is 1.54.